The first kappa shape index (κ1) is 15.3. The SMILES string of the molecule is N[C@H]1CCc2nc(NC(=O)Cc3ccc4ccccc4c3)sc2C1. The van der Waals surface area contributed by atoms with Gasteiger partial charge in [-0.1, -0.05) is 42.5 Å². The average Bonchev–Trinajstić information content (AvgIpc) is 2.95. The zero-order chi connectivity index (χ0) is 16.5. The lowest BCUT2D eigenvalue weighted by Crippen LogP contribution is -2.27. The molecule has 0 saturated heterocycles. The maximum Gasteiger partial charge on any atom is 0.230 e. The number of thiazole rings is 1. The van der Waals surface area contributed by atoms with E-state index < -0.39 is 0 Å². The van der Waals surface area contributed by atoms with E-state index in [-0.39, 0.29) is 11.9 Å². The number of amides is 1. The molecule has 1 heterocycles. The van der Waals surface area contributed by atoms with Crippen LogP contribution in [0.3, 0.4) is 0 Å². The minimum Gasteiger partial charge on any atom is -0.327 e. The highest BCUT2D eigenvalue weighted by molar-refractivity contribution is 7.15. The fourth-order valence-electron chi connectivity index (χ4n) is 3.15. The number of nitrogens with two attached hydrogens (primary N) is 1. The summed E-state index contributed by atoms with van der Waals surface area (Å²) in [5.41, 5.74) is 8.11. The number of nitrogens with one attached hydrogen (secondary N) is 1. The van der Waals surface area contributed by atoms with Gasteiger partial charge < -0.3 is 11.1 Å². The summed E-state index contributed by atoms with van der Waals surface area (Å²) in [5.74, 6) is -0.0272. The lowest BCUT2D eigenvalue weighted by molar-refractivity contribution is -0.115. The molecule has 1 aliphatic carbocycles. The van der Waals surface area contributed by atoms with Gasteiger partial charge in [0.15, 0.2) is 5.13 Å². The number of hydrogen-bond acceptors (Lipinski definition) is 4. The van der Waals surface area contributed by atoms with Crippen molar-refractivity contribution in [3.63, 3.8) is 0 Å². The van der Waals surface area contributed by atoms with Crippen molar-refractivity contribution in [1.29, 1.82) is 0 Å². The van der Waals surface area contributed by atoms with E-state index in [1.54, 1.807) is 11.3 Å². The number of rotatable bonds is 3. The number of hydrogen-bond donors (Lipinski definition) is 2. The molecule has 0 saturated carbocycles. The van der Waals surface area contributed by atoms with Crippen molar-refractivity contribution in [1.82, 2.24) is 4.98 Å². The Balaban J connectivity index is 1.46. The number of carbonyl (C=O) groups excluding carboxylic acids is 1. The first-order valence-corrected chi connectivity index (χ1v) is 9.01. The Morgan fingerprint density at radius 2 is 2.08 bits per heavy atom. The van der Waals surface area contributed by atoms with Crippen molar-refractivity contribution in [2.45, 2.75) is 31.7 Å². The topological polar surface area (TPSA) is 68.0 Å². The number of benzene rings is 2. The van der Waals surface area contributed by atoms with Gasteiger partial charge in [0.2, 0.25) is 5.91 Å². The van der Waals surface area contributed by atoms with E-state index in [1.165, 1.54) is 10.3 Å². The van der Waals surface area contributed by atoms with Crippen LogP contribution in [-0.2, 0) is 24.1 Å². The Bertz CT molecular complexity index is 903. The van der Waals surface area contributed by atoms with Crippen LogP contribution in [0.1, 0.15) is 22.6 Å². The predicted octanol–water partition coefficient (Wildman–Crippen LogP) is 3.29. The second-order valence-corrected chi connectivity index (χ2v) is 7.38. The van der Waals surface area contributed by atoms with Gasteiger partial charge in [-0.2, -0.15) is 0 Å². The van der Waals surface area contributed by atoms with E-state index in [4.69, 9.17) is 5.73 Å². The van der Waals surface area contributed by atoms with Gasteiger partial charge in [-0.15, -0.1) is 11.3 Å². The van der Waals surface area contributed by atoms with Gasteiger partial charge in [0, 0.05) is 10.9 Å². The minimum atomic E-state index is -0.0272. The van der Waals surface area contributed by atoms with Crippen LogP contribution in [0.25, 0.3) is 10.8 Å². The average molecular weight is 337 g/mol. The van der Waals surface area contributed by atoms with Crippen LogP contribution < -0.4 is 11.1 Å². The Kier molecular flexibility index (Phi) is 4.04. The van der Waals surface area contributed by atoms with Crippen molar-refractivity contribution in [2.24, 2.45) is 5.73 Å². The molecule has 1 amide bonds. The van der Waals surface area contributed by atoms with Gasteiger partial charge in [0.25, 0.3) is 0 Å². The molecule has 1 aliphatic rings. The summed E-state index contributed by atoms with van der Waals surface area (Å²) in [6.45, 7) is 0. The zero-order valence-corrected chi connectivity index (χ0v) is 14.1. The first-order valence-electron chi connectivity index (χ1n) is 8.19. The van der Waals surface area contributed by atoms with E-state index in [9.17, 15) is 4.79 Å². The van der Waals surface area contributed by atoms with Crippen LogP contribution in [0.15, 0.2) is 42.5 Å². The van der Waals surface area contributed by atoms with Crippen molar-refractivity contribution in [3.05, 3.63) is 58.6 Å². The molecule has 0 spiro atoms. The highest BCUT2D eigenvalue weighted by atomic mass is 32.1. The fourth-order valence-corrected chi connectivity index (χ4v) is 4.27. The smallest absolute Gasteiger partial charge is 0.230 e. The number of aryl methyl sites for hydroxylation is 1. The van der Waals surface area contributed by atoms with E-state index in [2.05, 4.69) is 34.6 Å². The van der Waals surface area contributed by atoms with Crippen molar-refractivity contribution in [3.8, 4) is 0 Å². The van der Waals surface area contributed by atoms with Crippen LogP contribution >= 0.6 is 11.3 Å². The molecule has 1 aromatic heterocycles. The summed E-state index contributed by atoms with van der Waals surface area (Å²) in [5, 5.41) is 5.97. The number of nitrogens with zero attached hydrogens (tertiary/aromatic N) is 1. The molecule has 4 nitrogen and oxygen atoms in total. The molecular formula is C19H19N3OS. The normalized spacial score (nSPS) is 16.8. The Hall–Kier alpha value is -2.24. The van der Waals surface area contributed by atoms with Crippen LogP contribution in [0.4, 0.5) is 5.13 Å². The molecule has 0 radical (unpaired) electrons. The van der Waals surface area contributed by atoms with Gasteiger partial charge in [-0.05, 0) is 35.6 Å². The van der Waals surface area contributed by atoms with Gasteiger partial charge >= 0.3 is 0 Å². The molecule has 0 fully saturated rings. The summed E-state index contributed by atoms with van der Waals surface area (Å²) < 4.78 is 0. The molecule has 3 aromatic rings. The van der Waals surface area contributed by atoms with Crippen molar-refractivity contribution in [2.75, 3.05) is 5.32 Å². The van der Waals surface area contributed by atoms with Gasteiger partial charge in [-0.25, -0.2) is 4.98 Å². The largest absolute Gasteiger partial charge is 0.327 e. The maximum absolute atomic E-state index is 12.3. The molecule has 4 rings (SSSR count). The van der Waals surface area contributed by atoms with Gasteiger partial charge in [0.05, 0.1) is 12.1 Å². The summed E-state index contributed by atoms with van der Waals surface area (Å²) in [6.07, 6.45) is 3.11. The number of carbonyl (C=O) groups is 1. The second kappa shape index (κ2) is 6.34. The fraction of sp³-hybridized carbons (Fsp3) is 0.263. The number of aromatic nitrogens is 1. The predicted molar refractivity (Wildman–Crippen MR) is 98.4 cm³/mol. The van der Waals surface area contributed by atoms with E-state index >= 15 is 0 Å². The highest BCUT2D eigenvalue weighted by Gasteiger charge is 2.20. The summed E-state index contributed by atoms with van der Waals surface area (Å²) >= 11 is 1.56. The molecule has 0 unspecified atom stereocenters. The zero-order valence-electron chi connectivity index (χ0n) is 13.3. The molecule has 2 aromatic carbocycles. The molecule has 5 heteroatoms. The molecule has 3 N–H and O–H groups in total. The van der Waals surface area contributed by atoms with Crippen molar-refractivity contribution < 1.29 is 4.79 Å². The third-order valence-corrected chi connectivity index (χ3v) is 5.44. The number of fused-ring (bicyclic) bond motifs is 2. The third kappa shape index (κ3) is 3.18. The Morgan fingerprint density at radius 1 is 1.25 bits per heavy atom. The lowest BCUT2D eigenvalue weighted by Gasteiger charge is -2.15. The van der Waals surface area contributed by atoms with Crippen LogP contribution in [0.5, 0.6) is 0 Å². The first-order chi connectivity index (χ1) is 11.7. The highest BCUT2D eigenvalue weighted by Crippen LogP contribution is 2.29. The molecule has 1 atom stereocenters. The van der Waals surface area contributed by atoms with Crippen LogP contribution in [0, 0.1) is 0 Å². The summed E-state index contributed by atoms with van der Waals surface area (Å²) in [6, 6.07) is 14.5. The summed E-state index contributed by atoms with van der Waals surface area (Å²) in [7, 11) is 0. The van der Waals surface area contributed by atoms with Gasteiger partial charge in [0.1, 0.15) is 0 Å². The van der Waals surface area contributed by atoms with E-state index in [1.807, 2.05) is 18.2 Å². The van der Waals surface area contributed by atoms with E-state index in [0.717, 1.165) is 35.9 Å². The van der Waals surface area contributed by atoms with E-state index in [0.29, 0.717) is 11.6 Å². The second-order valence-electron chi connectivity index (χ2n) is 6.30. The molecular weight excluding hydrogens is 318 g/mol. The maximum atomic E-state index is 12.3. The molecule has 0 aliphatic heterocycles. The quantitative estimate of drug-likeness (QED) is 0.770. The molecule has 0 bridgehead atoms. The molecule has 122 valence electrons. The minimum absolute atomic E-state index is 0.0272. The third-order valence-electron chi connectivity index (χ3n) is 4.40. The van der Waals surface area contributed by atoms with Crippen LogP contribution in [-0.4, -0.2) is 16.9 Å². The Morgan fingerprint density at radius 3 is 2.96 bits per heavy atom. The van der Waals surface area contributed by atoms with Crippen LogP contribution in [0.2, 0.25) is 0 Å². The standard InChI is InChI=1S/C19H19N3OS/c20-15-7-8-16-17(11-15)24-19(21-16)22-18(23)10-12-5-6-13-3-1-2-4-14(13)9-12/h1-6,9,15H,7-8,10-11,20H2,(H,21,22,23)/t15-/m0/s1. The number of anilines is 1. The lowest BCUT2D eigenvalue weighted by atomic mass is 9.99. The Labute approximate surface area is 144 Å². The van der Waals surface area contributed by atoms with Crippen molar-refractivity contribution >= 4 is 33.1 Å². The van der Waals surface area contributed by atoms with Gasteiger partial charge in [-0.3, -0.25) is 4.79 Å². The summed E-state index contributed by atoms with van der Waals surface area (Å²) in [4.78, 5) is 18.1. The monoisotopic (exact) mass is 337 g/mol. The molecule has 24 heavy (non-hydrogen) atoms.